The highest BCUT2D eigenvalue weighted by Crippen LogP contribution is 2.31. The van der Waals surface area contributed by atoms with E-state index in [-0.39, 0.29) is 6.61 Å². The van der Waals surface area contributed by atoms with Gasteiger partial charge < -0.3 is 9.84 Å². The molecule has 3 aromatic rings. The first kappa shape index (κ1) is 15.3. The van der Waals surface area contributed by atoms with Crippen LogP contribution < -0.4 is 4.74 Å². The Morgan fingerprint density at radius 1 is 1.09 bits per heavy atom. The van der Waals surface area contributed by atoms with Crippen LogP contribution in [-0.2, 0) is 20.1 Å². The lowest BCUT2D eigenvalue weighted by molar-refractivity contribution is 0.298. The number of aryl methyl sites for hydroxylation is 1. The first-order valence-electron chi connectivity index (χ1n) is 7.66. The van der Waals surface area contributed by atoms with Crippen LogP contribution in [0.3, 0.4) is 0 Å². The van der Waals surface area contributed by atoms with Crippen molar-refractivity contribution in [1.29, 1.82) is 0 Å². The largest absolute Gasteiger partial charge is 0.488 e. The lowest BCUT2D eigenvalue weighted by Crippen LogP contribution is -1.98. The first-order valence-corrected chi connectivity index (χ1v) is 7.66. The van der Waals surface area contributed by atoms with Crippen molar-refractivity contribution in [3.05, 3.63) is 72.1 Å². The second kappa shape index (κ2) is 7.11. The number of hydrogen-bond acceptors (Lipinski definition) is 3. The number of aliphatic hydroxyl groups is 1. The molecule has 0 saturated carbocycles. The number of nitrogens with zero attached hydrogens (tertiary/aromatic N) is 2. The second-order valence-corrected chi connectivity index (χ2v) is 5.48. The third-order valence-corrected chi connectivity index (χ3v) is 3.70. The molecule has 3 rings (SSSR count). The molecule has 1 heterocycles. The Labute approximate surface area is 136 Å². The second-order valence-electron chi connectivity index (χ2n) is 5.48. The molecule has 0 saturated heterocycles. The Bertz CT molecular complexity index is 766. The summed E-state index contributed by atoms with van der Waals surface area (Å²) in [7, 11) is 1.89. The SMILES string of the molecule is Cn1cc(-c2cc(CCO)ccc2OCc2ccccc2)cn1. The van der Waals surface area contributed by atoms with Crippen LogP contribution >= 0.6 is 0 Å². The van der Waals surface area contributed by atoms with E-state index in [2.05, 4.69) is 11.2 Å². The molecule has 0 bridgehead atoms. The van der Waals surface area contributed by atoms with Crippen molar-refractivity contribution in [2.24, 2.45) is 7.05 Å². The van der Waals surface area contributed by atoms with Crippen molar-refractivity contribution in [1.82, 2.24) is 9.78 Å². The van der Waals surface area contributed by atoms with Crippen molar-refractivity contribution >= 4 is 0 Å². The summed E-state index contributed by atoms with van der Waals surface area (Å²) in [5.74, 6) is 0.823. The maximum atomic E-state index is 9.16. The summed E-state index contributed by atoms with van der Waals surface area (Å²) in [4.78, 5) is 0. The lowest BCUT2D eigenvalue weighted by Gasteiger charge is -2.12. The molecule has 0 aliphatic rings. The van der Waals surface area contributed by atoms with E-state index in [1.165, 1.54) is 0 Å². The minimum absolute atomic E-state index is 0.136. The minimum atomic E-state index is 0.136. The van der Waals surface area contributed by atoms with Crippen molar-refractivity contribution in [3.8, 4) is 16.9 Å². The average Bonchev–Trinajstić information content (AvgIpc) is 3.01. The zero-order valence-corrected chi connectivity index (χ0v) is 13.1. The van der Waals surface area contributed by atoms with Crippen LogP contribution in [0, 0.1) is 0 Å². The number of ether oxygens (including phenoxy) is 1. The molecule has 0 unspecified atom stereocenters. The van der Waals surface area contributed by atoms with E-state index in [1.54, 1.807) is 4.68 Å². The van der Waals surface area contributed by atoms with E-state index in [4.69, 9.17) is 9.84 Å². The van der Waals surface area contributed by atoms with Gasteiger partial charge >= 0.3 is 0 Å². The van der Waals surface area contributed by atoms with Gasteiger partial charge in [0.05, 0.1) is 6.20 Å². The van der Waals surface area contributed by atoms with Crippen molar-refractivity contribution in [2.75, 3.05) is 6.61 Å². The number of aliphatic hydroxyl groups excluding tert-OH is 1. The molecule has 118 valence electrons. The quantitative estimate of drug-likeness (QED) is 0.760. The summed E-state index contributed by atoms with van der Waals surface area (Å²) in [5.41, 5.74) is 4.22. The van der Waals surface area contributed by atoms with Crippen LogP contribution in [0.5, 0.6) is 5.75 Å². The molecule has 0 amide bonds. The molecule has 0 aliphatic carbocycles. The monoisotopic (exact) mass is 308 g/mol. The van der Waals surface area contributed by atoms with E-state index >= 15 is 0 Å². The number of hydrogen-bond donors (Lipinski definition) is 1. The normalized spacial score (nSPS) is 10.7. The number of benzene rings is 2. The van der Waals surface area contributed by atoms with Gasteiger partial charge in [-0.1, -0.05) is 36.4 Å². The van der Waals surface area contributed by atoms with Gasteiger partial charge in [0.1, 0.15) is 12.4 Å². The van der Waals surface area contributed by atoms with Gasteiger partial charge in [-0.2, -0.15) is 5.10 Å². The molecule has 23 heavy (non-hydrogen) atoms. The summed E-state index contributed by atoms with van der Waals surface area (Å²) in [6.07, 6.45) is 4.42. The number of aromatic nitrogens is 2. The molecule has 1 N–H and O–H groups in total. The highest BCUT2D eigenvalue weighted by Gasteiger charge is 2.10. The van der Waals surface area contributed by atoms with Gasteiger partial charge in [-0.3, -0.25) is 4.68 Å². The van der Waals surface area contributed by atoms with Crippen LogP contribution in [0.15, 0.2) is 60.9 Å². The molecule has 4 heteroatoms. The highest BCUT2D eigenvalue weighted by atomic mass is 16.5. The zero-order chi connectivity index (χ0) is 16.1. The fourth-order valence-corrected chi connectivity index (χ4v) is 2.51. The predicted molar refractivity (Wildman–Crippen MR) is 90.2 cm³/mol. The maximum Gasteiger partial charge on any atom is 0.127 e. The van der Waals surface area contributed by atoms with Gasteiger partial charge in [-0.05, 0) is 29.7 Å². The van der Waals surface area contributed by atoms with Gasteiger partial charge in [0.2, 0.25) is 0 Å². The van der Waals surface area contributed by atoms with Crippen molar-refractivity contribution in [2.45, 2.75) is 13.0 Å². The predicted octanol–water partition coefficient (Wildman–Crippen LogP) is 3.20. The fraction of sp³-hybridized carbons (Fsp3) is 0.211. The van der Waals surface area contributed by atoms with Gasteiger partial charge in [0, 0.05) is 31.0 Å². The van der Waals surface area contributed by atoms with Crippen LogP contribution in [0.1, 0.15) is 11.1 Å². The Morgan fingerprint density at radius 2 is 1.91 bits per heavy atom. The molecule has 2 aromatic carbocycles. The van der Waals surface area contributed by atoms with Gasteiger partial charge in [-0.25, -0.2) is 0 Å². The molecular formula is C19H20N2O2. The third-order valence-electron chi connectivity index (χ3n) is 3.70. The Kier molecular flexibility index (Phi) is 4.74. The van der Waals surface area contributed by atoms with Crippen LogP contribution in [0.2, 0.25) is 0 Å². The summed E-state index contributed by atoms with van der Waals surface area (Å²) in [6.45, 7) is 0.657. The van der Waals surface area contributed by atoms with Crippen molar-refractivity contribution < 1.29 is 9.84 Å². The van der Waals surface area contributed by atoms with E-state index in [9.17, 15) is 0 Å². The maximum absolute atomic E-state index is 9.16. The molecule has 0 radical (unpaired) electrons. The molecular weight excluding hydrogens is 288 g/mol. The topological polar surface area (TPSA) is 47.3 Å². The van der Waals surface area contributed by atoms with E-state index in [1.807, 2.05) is 61.9 Å². The summed E-state index contributed by atoms with van der Waals surface area (Å²) >= 11 is 0. The Hall–Kier alpha value is -2.59. The van der Waals surface area contributed by atoms with E-state index in [0.717, 1.165) is 28.0 Å². The molecule has 1 aromatic heterocycles. The zero-order valence-electron chi connectivity index (χ0n) is 13.1. The Balaban J connectivity index is 1.89. The van der Waals surface area contributed by atoms with E-state index < -0.39 is 0 Å². The molecule has 0 atom stereocenters. The van der Waals surface area contributed by atoms with Gasteiger partial charge in [0.25, 0.3) is 0 Å². The van der Waals surface area contributed by atoms with Crippen molar-refractivity contribution in [3.63, 3.8) is 0 Å². The minimum Gasteiger partial charge on any atom is -0.488 e. The van der Waals surface area contributed by atoms with Crippen LogP contribution in [0.4, 0.5) is 0 Å². The summed E-state index contributed by atoms with van der Waals surface area (Å²) in [5, 5.41) is 13.4. The van der Waals surface area contributed by atoms with Crippen LogP contribution in [-0.4, -0.2) is 21.5 Å². The molecule has 4 nitrogen and oxygen atoms in total. The van der Waals surface area contributed by atoms with Gasteiger partial charge in [-0.15, -0.1) is 0 Å². The smallest absolute Gasteiger partial charge is 0.127 e. The lowest BCUT2D eigenvalue weighted by atomic mass is 10.0. The third kappa shape index (κ3) is 3.79. The highest BCUT2D eigenvalue weighted by molar-refractivity contribution is 5.70. The van der Waals surface area contributed by atoms with Crippen LogP contribution in [0.25, 0.3) is 11.1 Å². The molecule has 0 spiro atoms. The summed E-state index contributed by atoms with van der Waals surface area (Å²) < 4.78 is 7.79. The van der Waals surface area contributed by atoms with Gasteiger partial charge in [0.15, 0.2) is 0 Å². The Morgan fingerprint density at radius 3 is 2.61 bits per heavy atom. The van der Waals surface area contributed by atoms with E-state index in [0.29, 0.717) is 13.0 Å². The standard InChI is InChI=1S/C19H20N2O2/c1-21-13-17(12-20-21)18-11-15(9-10-22)7-8-19(18)23-14-16-5-3-2-4-6-16/h2-8,11-13,22H,9-10,14H2,1H3. The molecule has 0 aliphatic heterocycles. The fourth-order valence-electron chi connectivity index (χ4n) is 2.51. The molecule has 0 fully saturated rings. The average molecular weight is 308 g/mol. The first-order chi connectivity index (χ1) is 11.3. The number of rotatable bonds is 6. The summed E-state index contributed by atoms with van der Waals surface area (Å²) in [6, 6.07) is 16.1.